The van der Waals surface area contributed by atoms with Crippen molar-refractivity contribution in [1.82, 2.24) is 5.32 Å². The molecule has 0 saturated heterocycles. The molecule has 1 atom stereocenters. The third kappa shape index (κ3) is 2.34. The summed E-state index contributed by atoms with van der Waals surface area (Å²) in [4.78, 5) is 27.0. The van der Waals surface area contributed by atoms with E-state index in [2.05, 4.69) is 10.3 Å². The van der Waals surface area contributed by atoms with Crippen LogP contribution in [-0.2, 0) is 9.59 Å². The summed E-state index contributed by atoms with van der Waals surface area (Å²) in [6.45, 7) is 0. The molecule has 0 aromatic heterocycles. The number of alkyl halides is 1. The van der Waals surface area contributed by atoms with Crippen molar-refractivity contribution in [1.29, 1.82) is 0 Å². The summed E-state index contributed by atoms with van der Waals surface area (Å²) < 4.78 is 13.0. The van der Waals surface area contributed by atoms with Crippen LogP contribution in [-0.4, -0.2) is 23.5 Å². The maximum Gasteiger partial charge on any atom is 0.264 e. The molecule has 2 amide bonds. The third-order valence-electron chi connectivity index (χ3n) is 2.33. The number of hydrogen-bond donors (Lipinski definition) is 1. The van der Waals surface area contributed by atoms with E-state index in [1.54, 1.807) is 0 Å². The fourth-order valence-corrected chi connectivity index (χ4v) is 1.72. The first-order valence-corrected chi connectivity index (χ1v) is 5.39. The third-order valence-corrected chi connectivity index (χ3v) is 2.58. The molecule has 2 rings (SSSR count). The second kappa shape index (κ2) is 4.63. The second-order valence-electron chi connectivity index (χ2n) is 3.51. The predicted octanol–water partition coefficient (Wildman–Crippen LogP) is 1.20. The van der Waals surface area contributed by atoms with Crippen LogP contribution in [0.3, 0.4) is 0 Å². The van der Waals surface area contributed by atoms with E-state index < -0.39 is 23.5 Å². The first-order valence-electron chi connectivity index (χ1n) is 4.85. The summed E-state index contributed by atoms with van der Waals surface area (Å²) in [5.74, 6) is -2.70. The van der Waals surface area contributed by atoms with Gasteiger partial charge in [-0.3, -0.25) is 9.59 Å². The molecule has 88 valence electrons. The van der Waals surface area contributed by atoms with E-state index in [-0.39, 0.29) is 17.3 Å². The van der Waals surface area contributed by atoms with Crippen LogP contribution < -0.4 is 5.32 Å². The van der Waals surface area contributed by atoms with Crippen molar-refractivity contribution in [2.24, 2.45) is 4.99 Å². The van der Waals surface area contributed by atoms with Gasteiger partial charge in [-0.25, -0.2) is 4.39 Å². The molecule has 0 aliphatic carbocycles. The molecule has 0 radical (unpaired) electrons. The van der Waals surface area contributed by atoms with Gasteiger partial charge in [-0.1, -0.05) is 12.1 Å². The molecule has 0 saturated carbocycles. The lowest BCUT2D eigenvalue weighted by Crippen LogP contribution is -2.43. The molecule has 1 unspecified atom stereocenters. The van der Waals surface area contributed by atoms with Crippen molar-refractivity contribution in [2.45, 2.75) is 5.92 Å². The van der Waals surface area contributed by atoms with Gasteiger partial charge in [0.2, 0.25) is 5.91 Å². The Hall–Kier alpha value is -1.75. The van der Waals surface area contributed by atoms with Crippen molar-refractivity contribution in [2.75, 3.05) is 5.88 Å². The summed E-state index contributed by atoms with van der Waals surface area (Å²) in [7, 11) is 0. The lowest BCUT2D eigenvalue weighted by Gasteiger charge is -2.19. The number of hydrogen-bond acceptors (Lipinski definition) is 2. The Morgan fingerprint density at radius 3 is 2.76 bits per heavy atom. The fraction of sp³-hybridized carbons (Fsp3) is 0.182. The number of amidine groups is 1. The van der Waals surface area contributed by atoms with Crippen LogP contribution in [0.15, 0.2) is 29.3 Å². The molecule has 1 aromatic rings. The highest BCUT2D eigenvalue weighted by Crippen LogP contribution is 2.21. The molecular formula is C11H8ClFN2O2. The van der Waals surface area contributed by atoms with Crippen molar-refractivity contribution in [3.05, 3.63) is 35.6 Å². The van der Waals surface area contributed by atoms with E-state index in [0.29, 0.717) is 0 Å². The maximum absolute atomic E-state index is 13.0. The number of benzene rings is 1. The summed E-state index contributed by atoms with van der Waals surface area (Å²) in [5.41, 5.74) is 0.282. The quantitative estimate of drug-likeness (QED) is 0.637. The topological polar surface area (TPSA) is 58.5 Å². The number of halogens is 2. The van der Waals surface area contributed by atoms with Gasteiger partial charge in [-0.15, -0.1) is 11.6 Å². The van der Waals surface area contributed by atoms with Gasteiger partial charge in [-0.2, -0.15) is 4.99 Å². The number of aliphatic imine (C=N–C) groups is 1. The zero-order valence-electron chi connectivity index (χ0n) is 8.61. The zero-order valence-corrected chi connectivity index (χ0v) is 9.37. The van der Waals surface area contributed by atoms with Crippen molar-refractivity contribution in [3.63, 3.8) is 0 Å². The van der Waals surface area contributed by atoms with Gasteiger partial charge in [-0.05, 0) is 17.7 Å². The molecule has 0 spiro atoms. The Kier molecular flexibility index (Phi) is 3.19. The minimum Gasteiger partial charge on any atom is -0.312 e. The highest BCUT2D eigenvalue weighted by atomic mass is 35.5. The van der Waals surface area contributed by atoms with Gasteiger partial charge in [0.1, 0.15) is 17.6 Å². The Balaban J connectivity index is 2.37. The number of amides is 2. The first-order chi connectivity index (χ1) is 8.11. The van der Waals surface area contributed by atoms with E-state index in [9.17, 15) is 14.0 Å². The van der Waals surface area contributed by atoms with Crippen molar-refractivity contribution in [3.8, 4) is 0 Å². The maximum atomic E-state index is 13.0. The number of nitrogens with one attached hydrogen (secondary N) is 1. The van der Waals surface area contributed by atoms with Crippen LogP contribution in [0.4, 0.5) is 4.39 Å². The fourth-order valence-electron chi connectivity index (χ4n) is 1.60. The van der Waals surface area contributed by atoms with E-state index in [0.717, 1.165) is 6.07 Å². The second-order valence-corrected chi connectivity index (χ2v) is 3.77. The predicted molar refractivity (Wildman–Crippen MR) is 60.4 cm³/mol. The van der Waals surface area contributed by atoms with Crippen LogP contribution in [0.1, 0.15) is 11.5 Å². The minimum absolute atomic E-state index is 0.0483. The summed E-state index contributed by atoms with van der Waals surface area (Å²) in [6.07, 6.45) is 0. The van der Waals surface area contributed by atoms with Crippen LogP contribution in [0.5, 0.6) is 0 Å². The molecule has 1 heterocycles. The van der Waals surface area contributed by atoms with Gasteiger partial charge in [0.25, 0.3) is 5.91 Å². The van der Waals surface area contributed by atoms with Crippen LogP contribution in [0.25, 0.3) is 0 Å². The van der Waals surface area contributed by atoms with Gasteiger partial charge in [0.05, 0.1) is 5.88 Å². The standard InChI is InChI=1S/C11H8ClFN2O2/c12-5-8-14-10(16)9(11(17)15-8)6-2-1-3-7(13)4-6/h1-4,9H,5H2,(H,14,15,16,17). The summed E-state index contributed by atoms with van der Waals surface area (Å²) in [6, 6.07) is 5.32. The van der Waals surface area contributed by atoms with E-state index >= 15 is 0 Å². The van der Waals surface area contributed by atoms with Gasteiger partial charge in [0.15, 0.2) is 0 Å². The highest BCUT2D eigenvalue weighted by Gasteiger charge is 2.33. The Morgan fingerprint density at radius 2 is 2.18 bits per heavy atom. The zero-order chi connectivity index (χ0) is 12.4. The minimum atomic E-state index is -1.10. The number of rotatable bonds is 2. The molecule has 0 fully saturated rings. The molecule has 1 aliphatic rings. The number of nitrogens with zero attached hydrogens (tertiary/aromatic N) is 1. The molecule has 1 N–H and O–H groups in total. The molecule has 4 nitrogen and oxygen atoms in total. The van der Waals surface area contributed by atoms with Gasteiger partial charge in [0, 0.05) is 0 Å². The van der Waals surface area contributed by atoms with Gasteiger partial charge >= 0.3 is 0 Å². The van der Waals surface area contributed by atoms with Crippen molar-refractivity contribution >= 4 is 29.3 Å². The number of carbonyl (C=O) groups is 2. The Morgan fingerprint density at radius 1 is 1.41 bits per heavy atom. The largest absolute Gasteiger partial charge is 0.312 e. The monoisotopic (exact) mass is 254 g/mol. The van der Waals surface area contributed by atoms with Gasteiger partial charge < -0.3 is 5.32 Å². The van der Waals surface area contributed by atoms with Crippen LogP contribution >= 0.6 is 11.6 Å². The Bertz CT molecular complexity index is 516. The average Bonchev–Trinajstić information content (AvgIpc) is 2.28. The smallest absolute Gasteiger partial charge is 0.264 e. The number of carbonyl (C=O) groups excluding carboxylic acids is 2. The molecule has 1 aliphatic heterocycles. The molecule has 1 aromatic carbocycles. The van der Waals surface area contributed by atoms with Crippen molar-refractivity contribution < 1.29 is 14.0 Å². The van der Waals surface area contributed by atoms with E-state index in [1.165, 1.54) is 18.2 Å². The SMILES string of the molecule is O=C1N=C(CCl)NC(=O)C1c1cccc(F)c1. The normalized spacial score (nSPS) is 19.9. The Labute approximate surface area is 101 Å². The molecule has 6 heteroatoms. The van der Waals surface area contributed by atoms with Crippen LogP contribution in [0, 0.1) is 5.82 Å². The average molecular weight is 255 g/mol. The lowest BCUT2D eigenvalue weighted by molar-refractivity contribution is -0.129. The summed E-state index contributed by atoms with van der Waals surface area (Å²) in [5, 5.41) is 2.40. The first kappa shape index (κ1) is 11.7. The highest BCUT2D eigenvalue weighted by molar-refractivity contribution is 6.32. The molecule has 17 heavy (non-hydrogen) atoms. The van der Waals surface area contributed by atoms with E-state index in [1.807, 2.05) is 0 Å². The lowest BCUT2D eigenvalue weighted by atomic mass is 9.96. The van der Waals surface area contributed by atoms with Crippen LogP contribution in [0.2, 0.25) is 0 Å². The summed E-state index contributed by atoms with van der Waals surface area (Å²) >= 11 is 5.47. The molecular weight excluding hydrogens is 247 g/mol. The van der Waals surface area contributed by atoms with E-state index in [4.69, 9.17) is 11.6 Å². The molecule has 0 bridgehead atoms.